The normalized spacial score (nSPS) is 13.0. The van der Waals surface area contributed by atoms with E-state index in [0.717, 1.165) is 12.1 Å². The van der Waals surface area contributed by atoms with E-state index >= 15 is 0 Å². The van der Waals surface area contributed by atoms with Gasteiger partial charge in [-0.15, -0.1) is 0 Å². The summed E-state index contributed by atoms with van der Waals surface area (Å²) in [4.78, 5) is 18.6. The first-order valence-electron chi connectivity index (χ1n) is 6.26. The molecule has 0 aliphatic heterocycles. The Bertz CT molecular complexity index is 738. The molecule has 0 saturated heterocycles. The lowest BCUT2D eigenvalue weighted by Gasteiger charge is -2.18. The second kappa shape index (κ2) is 5.98. The Hall–Kier alpha value is -2.05. The predicted octanol–water partition coefficient (Wildman–Crippen LogP) is 0.882. The molecule has 1 unspecified atom stereocenters. The van der Waals surface area contributed by atoms with Crippen LogP contribution in [0.3, 0.4) is 0 Å². The molecule has 7 nitrogen and oxygen atoms in total. The lowest BCUT2D eigenvalue weighted by Crippen LogP contribution is -2.16. The molecule has 0 radical (unpaired) electrons. The number of hydrogen-bond acceptors (Lipinski definition) is 5. The first kappa shape index (κ1) is 16.3. The van der Waals surface area contributed by atoms with Crippen molar-refractivity contribution >= 4 is 12.9 Å². The van der Waals surface area contributed by atoms with Gasteiger partial charge in [-0.2, -0.15) is 0 Å². The fraction of sp³-hybridized carbons (Fsp3) is 0.143. The molecule has 1 atom stereocenters. The van der Waals surface area contributed by atoms with Gasteiger partial charge in [0, 0.05) is 18.1 Å². The van der Waals surface area contributed by atoms with Gasteiger partial charge in [-0.25, -0.2) is 0 Å². The van der Waals surface area contributed by atoms with E-state index < -0.39 is 30.5 Å². The summed E-state index contributed by atoms with van der Waals surface area (Å²) in [5.41, 5.74) is 0.158. The Labute approximate surface area is 125 Å². The first-order valence-corrected chi connectivity index (χ1v) is 7.87. The molecule has 0 amide bonds. The van der Waals surface area contributed by atoms with Gasteiger partial charge in [0.1, 0.15) is 17.2 Å². The van der Waals surface area contributed by atoms with E-state index in [0.29, 0.717) is 5.56 Å². The lowest BCUT2D eigenvalue weighted by molar-refractivity contribution is 0.175. The van der Waals surface area contributed by atoms with Gasteiger partial charge < -0.3 is 30.2 Å². The lowest BCUT2D eigenvalue weighted by atomic mass is 10.00. The quantitative estimate of drug-likeness (QED) is 0.459. The fourth-order valence-corrected chi connectivity index (χ4v) is 3.08. The zero-order valence-electron chi connectivity index (χ0n) is 11.3. The highest BCUT2D eigenvalue weighted by Crippen LogP contribution is 2.41. The van der Waals surface area contributed by atoms with Crippen molar-refractivity contribution in [2.24, 2.45) is 0 Å². The van der Waals surface area contributed by atoms with Crippen LogP contribution in [0.25, 0.3) is 0 Å². The maximum Gasteiger partial charge on any atom is 0.356 e. The van der Waals surface area contributed by atoms with Gasteiger partial charge in [-0.1, -0.05) is 12.1 Å². The van der Waals surface area contributed by atoms with Crippen molar-refractivity contribution in [2.75, 3.05) is 0 Å². The van der Waals surface area contributed by atoms with Crippen LogP contribution in [0, 0.1) is 0 Å². The zero-order chi connectivity index (χ0) is 16.5. The van der Waals surface area contributed by atoms with Gasteiger partial charge in [0.25, 0.3) is 0 Å². The van der Waals surface area contributed by atoms with Crippen LogP contribution in [0.1, 0.15) is 17.2 Å². The molecular formula is C14H15O7P. The molecule has 0 spiro atoms. The van der Waals surface area contributed by atoms with Crippen molar-refractivity contribution in [2.45, 2.75) is 12.5 Å². The summed E-state index contributed by atoms with van der Waals surface area (Å²) in [7, 11) is -4.81. The van der Waals surface area contributed by atoms with Crippen molar-refractivity contribution < 1.29 is 34.8 Å². The molecule has 0 bridgehead atoms. The summed E-state index contributed by atoms with van der Waals surface area (Å²) in [6.45, 7) is 0. The number of hydrogen-bond donors (Lipinski definition) is 6. The van der Waals surface area contributed by atoms with Crippen molar-refractivity contribution in [3.8, 4) is 17.2 Å². The van der Waals surface area contributed by atoms with E-state index in [4.69, 9.17) is 0 Å². The van der Waals surface area contributed by atoms with Gasteiger partial charge in [-0.05, 0) is 23.8 Å². The van der Waals surface area contributed by atoms with E-state index in [2.05, 4.69) is 0 Å². The van der Waals surface area contributed by atoms with Crippen molar-refractivity contribution in [1.82, 2.24) is 0 Å². The summed E-state index contributed by atoms with van der Waals surface area (Å²) < 4.78 is 11.5. The highest BCUT2D eigenvalue weighted by Gasteiger charge is 2.29. The average molecular weight is 326 g/mol. The average Bonchev–Trinajstić information content (AvgIpc) is 2.36. The number of rotatable bonds is 4. The van der Waals surface area contributed by atoms with Gasteiger partial charge in [0.05, 0.1) is 11.4 Å². The third-order valence-electron chi connectivity index (χ3n) is 3.11. The maximum absolute atomic E-state index is 11.5. The van der Waals surface area contributed by atoms with Crippen LogP contribution in [0.5, 0.6) is 17.2 Å². The number of aliphatic hydroxyl groups excluding tert-OH is 1. The van der Waals surface area contributed by atoms with Crippen LogP contribution in [0.2, 0.25) is 0 Å². The smallest absolute Gasteiger partial charge is 0.356 e. The molecular weight excluding hydrogens is 311 g/mol. The molecule has 8 heteroatoms. The second-order valence-electron chi connectivity index (χ2n) is 4.83. The Kier molecular flexibility index (Phi) is 4.44. The minimum atomic E-state index is -4.81. The van der Waals surface area contributed by atoms with Gasteiger partial charge in [0.2, 0.25) is 0 Å². The minimum absolute atomic E-state index is 0.0187. The number of benzene rings is 2. The molecule has 2 rings (SSSR count). The van der Waals surface area contributed by atoms with E-state index in [-0.39, 0.29) is 17.7 Å². The van der Waals surface area contributed by atoms with E-state index in [1.165, 1.54) is 12.1 Å². The Morgan fingerprint density at radius 2 is 1.68 bits per heavy atom. The number of aliphatic hydroxyl groups is 1. The molecule has 118 valence electrons. The van der Waals surface area contributed by atoms with Gasteiger partial charge >= 0.3 is 7.60 Å². The summed E-state index contributed by atoms with van der Waals surface area (Å²) in [5.74, 6) is -1.16. The SMILES string of the molecule is O=P(O)(O)c1cc(O)cc(O)c1C(O)Cc1cccc(O)c1. The molecule has 22 heavy (non-hydrogen) atoms. The van der Waals surface area contributed by atoms with E-state index in [1.54, 1.807) is 12.1 Å². The van der Waals surface area contributed by atoms with E-state index in [1.807, 2.05) is 0 Å². The van der Waals surface area contributed by atoms with Crippen LogP contribution in [0.4, 0.5) is 0 Å². The third-order valence-corrected chi connectivity index (χ3v) is 4.11. The van der Waals surface area contributed by atoms with E-state index in [9.17, 15) is 34.8 Å². The number of phenols is 3. The molecule has 2 aromatic carbocycles. The molecule has 6 N–H and O–H groups in total. The van der Waals surface area contributed by atoms with Crippen LogP contribution in [-0.4, -0.2) is 30.2 Å². The molecule has 0 aromatic heterocycles. The molecule has 0 saturated carbocycles. The molecule has 0 aliphatic carbocycles. The van der Waals surface area contributed by atoms with Crippen LogP contribution in [-0.2, 0) is 11.0 Å². The first-order chi connectivity index (χ1) is 10.2. The monoisotopic (exact) mass is 326 g/mol. The topological polar surface area (TPSA) is 138 Å². The van der Waals surface area contributed by atoms with Crippen LogP contribution < -0.4 is 5.30 Å². The summed E-state index contributed by atoms with van der Waals surface area (Å²) in [6, 6.07) is 7.68. The van der Waals surface area contributed by atoms with Gasteiger partial charge in [0.15, 0.2) is 0 Å². The molecule has 0 fully saturated rings. The Balaban J connectivity index is 2.45. The fourth-order valence-electron chi connectivity index (χ4n) is 2.20. The second-order valence-corrected chi connectivity index (χ2v) is 6.40. The predicted molar refractivity (Wildman–Crippen MR) is 78.2 cm³/mol. The molecule has 0 heterocycles. The summed E-state index contributed by atoms with van der Waals surface area (Å²) in [5, 5.41) is 38.2. The zero-order valence-corrected chi connectivity index (χ0v) is 12.2. The largest absolute Gasteiger partial charge is 0.508 e. The van der Waals surface area contributed by atoms with Crippen LogP contribution in [0.15, 0.2) is 36.4 Å². The van der Waals surface area contributed by atoms with Crippen molar-refractivity contribution in [3.63, 3.8) is 0 Å². The summed E-state index contributed by atoms with van der Waals surface area (Å²) in [6.07, 6.45) is -1.51. The highest BCUT2D eigenvalue weighted by atomic mass is 31.2. The molecule has 2 aromatic rings. The third kappa shape index (κ3) is 3.58. The minimum Gasteiger partial charge on any atom is -0.508 e. The van der Waals surface area contributed by atoms with Crippen molar-refractivity contribution in [3.05, 3.63) is 47.5 Å². The molecule has 0 aliphatic rings. The van der Waals surface area contributed by atoms with Gasteiger partial charge in [-0.3, -0.25) is 4.57 Å². The summed E-state index contributed by atoms with van der Waals surface area (Å²) >= 11 is 0. The standard InChI is InChI=1S/C14H15O7P/c15-9-3-1-2-8(4-9)5-11(17)14-12(18)6-10(16)7-13(14)22(19,20)21/h1-4,6-7,11,15-18H,5H2,(H2,19,20,21). The highest BCUT2D eigenvalue weighted by molar-refractivity contribution is 7.60. The Morgan fingerprint density at radius 1 is 1.00 bits per heavy atom. The van der Waals surface area contributed by atoms with Crippen LogP contribution >= 0.6 is 7.60 Å². The Morgan fingerprint density at radius 3 is 2.27 bits per heavy atom. The maximum atomic E-state index is 11.5. The number of phenolic OH excluding ortho intramolecular Hbond substituents is 3. The van der Waals surface area contributed by atoms with Crippen molar-refractivity contribution in [1.29, 1.82) is 0 Å². The number of aromatic hydroxyl groups is 3.